The molecule has 2 fully saturated rings. The lowest BCUT2D eigenvalue weighted by atomic mass is 10.0. The number of ketones is 1. The summed E-state index contributed by atoms with van der Waals surface area (Å²) in [6.07, 6.45) is -5.08. The van der Waals surface area contributed by atoms with Crippen molar-refractivity contribution in [2.24, 2.45) is 0 Å². The fraction of sp³-hybridized carbons (Fsp3) is 0.882. The first kappa shape index (κ1) is 23.8. The number of carboxylic acids is 1. The first-order valence-electron chi connectivity index (χ1n) is 9.22. The van der Waals surface area contributed by atoms with Crippen molar-refractivity contribution < 1.29 is 27.9 Å². The Morgan fingerprint density at radius 3 is 1.56 bits per heavy atom. The first-order chi connectivity index (χ1) is 12.4. The minimum Gasteiger partial charge on any atom is -0.475 e. The Kier molecular flexibility index (Phi) is 9.13. The van der Waals surface area contributed by atoms with Gasteiger partial charge in [0.15, 0.2) is 5.78 Å². The quantitative estimate of drug-likeness (QED) is 0.640. The summed E-state index contributed by atoms with van der Waals surface area (Å²) in [7, 11) is 0. The molecule has 0 radical (unpaired) electrons. The van der Waals surface area contributed by atoms with Crippen LogP contribution in [-0.2, 0) is 9.59 Å². The summed E-state index contributed by atoms with van der Waals surface area (Å²) in [5.41, 5.74) is 0. The van der Waals surface area contributed by atoms with Gasteiger partial charge in [-0.15, -0.1) is 0 Å². The highest BCUT2D eigenvalue weighted by molar-refractivity contribution is 5.88. The average Bonchev–Trinajstić information content (AvgIpc) is 2.59. The van der Waals surface area contributed by atoms with Gasteiger partial charge in [-0.3, -0.25) is 14.6 Å². The summed E-state index contributed by atoms with van der Waals surface area (Å²) >= 11 is 0. The van der Waals surface area contributed by atoms with Gasteiger partial charge in [0, 0.05) is 51.4 Å². The number of Topliss-reactive ketones (excluding diaryl/α,β-unsaturated/α-hetero) is 1. The Morgan fingerprint density at radius 2 is 1.30 bits per heavy atom. The molecule has 0 bridgehead atoms. The third-order valence-electron chi connectivity index (χ3n) is 4.96. The summed E-state index contributed by atoms with van der Waals surface area (Å²) in [6.45, 7) is 14.4. The number of hydrogen-bond donors (Lipinski definition) is 3. The molecule has 0 spiro atoms. The maximum absolute atomic E-state index is 12.7. The number of halogens is 3. The Balaban J connectivity index is 0.000000445. The molecule has 2 heterocycles. The monoisotopic (exact) mass is 396 g/mol. The van der Waals surface area contributed by atoms with Crippen LogP contribution in [0.2, 0.25) is 0 Å². The fourth-order valence-electron chi connectivity index (χ4n) is 3.34. The van der Waals surface area contributed by atoms with Crippen molar-refractivity contribution in [2.45, 2.75) is 58.0 Å². The van der Waals surface area contributed by atoms with Crippen LogP contribution in [0.1, 0.15) is 27.7 Å². The number of nitrogens with zero attached hydrogens (tertiary/aromatic N) is 2. The molecule has 0 aromatic carbocycles. The minimum atomic E-state index is -5.08. The molecule has 2 saturated heterocycles. The van der Waals surface area contributed by atoms with Crippen LogP contribution in [0.5, 0.6) is 0 Å². The van der Waals surface area contributed by atoms with Gasteiger partial charge in [0.1, 0.15) is 0 Å². The van der Waals surface area contributed by atoms with Gasteiger partial charge in [-0.25, -0.2) is 4.79 Å². The van der Waals surface area contributed by atoms with E-state index in [-0.39, 0.29) is 12.1 Å². The summed E-state index contributed by atoms with van der Waals surface area (Å²) in [5.74, 6) is -2.39. The number of carbonyl (C=O) groups excluding carboxylic acids is 1. The van der Waals surface area contributed by atoms with Crippen molar-refractivity contribution >= 4 is 11.8 Å². The van der Waals surface area contributed by atoms with Crippen LogP contribution in [0.4, 0.5) is 13.2 Å². The Labute approximate surface area is 158 Å². The van der Waals surface area contributed by atoms with Crippen LogP contribution in [0.25, 0.3) is 0 Å². The third kappa shape index (κ3) is 7.73. The highest BCUT2D eigenvalue weighted by Gasteiger charge is 2.38. The Morgan fingerprint density at radius 1 is 0.963 bits per heavy atom. The van der Waals surface area contributed by atoms with E-state index < -0.39 is 12.1 Å². The molecule has 7 nitrogen and oxygen atoms in total. The summed E-state index contributed by atoms with van der Waals surface area (Å²) in [5, 5.41) is 14.0. The van der Waals surface area contributed by atoms with E-state index in [0.29, 0.717) is 17.9 Å². The number of piperazine rings is 2. The second kappa shape index (κ2) is 10.4. The number of alkyl halides is 3. The summed E-state index contributed by atoms with van der Waals surface area (Å²) < 4.78 is 31.7. The molecule has 4 atom stereocenters. The van der Waals surface area contributed by atoms with Gasteiger partial charge in [-0.2, -0.15) is 13.2 Å². The Bertz CT molecular complexity index is 474. The molecule has 0 aliphatic carbocycles. The van der Waals surface area contributed by atoms with Crippen LogP contribution < -0.4 is 10.6 Å². The van der Waals surface area contributed by atoms with E-state index in [4.69, 9.17) is 9.90 Å². The standard InChI is InChI=1S/C15H30N4O.C2HF3O2/c1-11-9-18(7-5-16-11)13(3)15(20)14(4)19-8-6-17-12(2)10-19;3-2(4,5)1(6)7/h11-14,16-17H,5-10H2,1-4H3;(H,6,7). The SMILES string of the molecule is CC1CN(C(C)C(=O)C(C)N2CCNC(C)C2)CCN1.O=C(O)C(F)(F)F. The van der Waals surface area contributed by atoms with Crippen molar-refractivity contribution in [3.63, 3.8) is 0 Å². The molecule has 4 unspecified atom stereocenters. The van der Waals surface area contributed by atoms with E-state index in [2.05, 4.69) is 48.1 Å². The minimum absolute atomic E-state index is 0.0275. The van der Waals surface area contributed by atoms with Gasteiger partial charge in [0.05, 0.1) is 12.1 Å². The first-order valence-corrected chi connectivity index (χ1v) is 9.22. The number of nitrogens with one attached hydrogen (secondary N) is 2. The molecule has 10 heteroatoms. The molecule has 2 aliphatic rings. The predicted molar refractivity (Wildman–Crippen MR) is 95.7 cm³/mol. The number of aliphatic carboxylic acids is 1. The average molecular weight is 396 g/mol. The van der Waals surface area contributed by atoms with Gasteiger partial charge in [-0.1, -0.05) is 0 Å². The van der Waals surface area contributed by atoms with Crippen LogP contribution in [-0.4, -0.2) is 96.3 Å². The Hall–Kier alpha value is -1.23. The van der Waals surface area contributed by atoms with Crippen LogP contribution in [0.3, 0.4) is 0 Å². The zero-order valence-corrected chi connectivity index (χ0v) is 16.3. The molecule has 2 aliphatic heterocycles. The van der Waals surface area contributed by atoms with Gasteiger partial charge in [0.2, 0.25) is 0 Å². The lowest BCUT2D eigenvalue weighted by molar-refractivity contribution is -0.192. The van der Waals surface area contributed by atoms with Crippen LogP contribution >= 0.6 is 0 Å². The fourth-order valence-corrected chi connectivity index (χ4v) is 3.34. The number of carboxylic acid groups (broad SMARTS) is 1. The lowest BCUT2D eigenvalue weighted by Crippen LogP contribution is -2.59. The molecule has 158 valence electrons. The van der Waals surface area contributed by atoms with Crippen molar-refractivity contribution in [2.75, 3.05) is 39.3 Å². The van der Waals surface area contributed by atoms with Gasteiger partial charge in [0.25, 0.3) is 0 Å². The summed E-state index contributed by atoms with van der Waals surface area (Å²) in [6, 6.07) is 1.02. The van der Waals surface area contributed by atoms with Crippen molar-refractivity contribution in [3.8, 4) is 0 Å². The predicted octanol–water partition coefficient (Wildman–Crippen LogP) is 0.553. The number of carbonyl (C=O) groups is 2. The van der Waals surface area contributed by atoms with E-state index in [0.717, 1.165) is 39.3 Å². The maximum atomic E-state index is 12.7. The van der Waals surface area contributed by atoms with Crippen LogP contribution in [0.15, 0.2) is 0 Å². The number of hydrogen-bond acceptors (Lipinski definition) is 6. The molecule has 0 saturated carbocycles. The molecule has 3 N–H and O–H groups in total. The third-order valence-corrected chi connectivity index (χ3v) is 4.96. The molecular weight excluding hydrogens is 365 g/mol. The van der Waals surface area contributed by atoms with E-state index >= 15 is 0 Å². The molecule has 27 heavy (non-hydrogen) atoms. The maximum Gasteiger partial charge on any atom is 0.490 e. The summed E-state index contributed by atoms with van der Waals surface area (Å²) in [4.78, 5) is 26.3. The van der Waals surface area contributed by atoms with Crippen LogP contribution in [0, 0.1) is 0 Å². The largest absolute Gasteiger partial charge is 0.490 e. The topological polar surface area (TPSA) is 84.9 Å². The molecule has 0 aromatic rings. The van der Waals surface area contributed by atoms with E-state index in [1.165, 1.54) is 0 Å². The molecule has 0 aromatic heterocycles. The normalized spacial score (nSPS) is 27.2. The second-order valence-electron chi connectivity index (χ2n) is 7.26. The zero-order chi connectivity index (χ0) is 20.8. The smallest absolute Gasteiger partial charge is 0.475 e. The zero-order valence-electron chi connectivity index (χ0n) is 16.3. The van der Waals surface area contributed by atoms with E-state index in [9.17, 15) is 18.0 Å². The highest BCUT2D eigenvalue weighted by atomic mass is 19.4. The van der Waals surface area contributed by atoms with Gasteiger partial charge in [-0.05, 0) is 27.7 Å². The molecular formula is C17H31F3N4O3. The lowest BCUT2D eigenvalue weighted by Gasteiger charge is -2.40. The van der Waals surface area contributed by atoms with Gasteiger partial charge >= 0.3 is 12.1 Å². The van der Waals surface area contributed by atoms with E-state index in [1.54, 1.807) is 0 Å². The molecule has 0 amide bonds. The number of rotatable bonds is 4. The van der Waals surface area contributed by atoms with E-state index in [1.807, 2.05) is 0 Å². The van der Waals surface area contributed by atoms with Crippen molar-refractivity contribution in [1.29, 1.82) is 0 Å². The highest BCUT2D eigenvalue weighted by Crippen LogP contribution is 2.13. The second-order valence-corrected chi connectivity index (χ2v) is 7.26. The van der Waals surface area contributed by atoms with Gasteiger partial charge < -0.3 is 15.7 Å². The van der Waals surface area contributed by atoms with Crippen molar-refractivity contribution in [3.05, 3.63) is 0 Å². The molecule has 2 rings (SSSR count). The van der Waals surface area contributed by atoms with Crippen molar-refractivity contribution in [1.82, 2.24) is 20.4 Å².